The molecule has 0 aliphatic heterocycles. The van der Waals surface area contributed by atoms with Crippen LogP contribution in [0.4, 0.5) is 5.95 Å². The summed E-state index contributed by atoms with van der Waals surface area (Å²) in [5.41, 5.74) is 0.780. The Kier molecular flexibility index (Phi) is 2.68. The zero-order valence-electron chi connectivity index (χ0n) is 9.02. The quantitative estimate of drug-likeness (QED) is 0.835. The molecule has 1 N–H and O–H groups in total. The van der Waals surface area contributed by atoms with E-state index in [2.05, 4.69) is 15.3 Å². The summed E-state index contributed by atoms with van der Waals surface area (Å²) in [6.45, 7) is 3.28. The Balaban J connectivity index is 2.22. The molecule has 1 amide bonds. The van der Waals surface area contributed by atoms with Crippen LogP contribution in [-0.4, -0.2) is 15.9 Å². The van der Waals surface area contributed by atoms with Gasteiger partial charge in [0.25, 0.3) is 0 Å². The highest BCUT2D eigenvalue weighted by atomic mass is 16.3. The van der Waals surface area contributed by atoms with E-state index in [-0.39, 0.29) is 5.91 Å². The molecule has 0 unspecified atom stereocenters. The van der Waals surface area contributed by atoms with Crippen molar-refractivity contribution in [1.82, 2.24) is 9.97 Å². The van der Waals surface area contributed by atoms with E-state index >= 15 is 0 Å². The smallest absolute Gasteiger partial charge is 0.229 e. The minimum Gasteiger partial charge on any atom is -0.461 e. The Labute approximate surface area is 92.5 Å². The number of amides is 1. The molecule has 2 rings (SSSR count). The topological polar surface area (TPSA) is 68.0 Å². The van der Waals surface area contributed by atoms with Crippen molar-refractivity contribution < 1.29 is 9.21 Å². The molecule has 82 valence electrons. The molecule has 0 spiro atoms. The second kappa shape index (κ2) is 4.14. The molecule has 2 aromatic heterocycles. The summed E-state index contributed by atoms with van der Waals surface area (Å²) in [7, 11) is 0. The van der Waals surface area contributed by atoms with Crippen molar-refractivity contribution >= 4 is 11.9 Å². The minimum atomic E-state index is -0.193. The van der Waals surface area contributed by atoms with Gasteiger partial charge in [-0.2, -0.15) is 0 Å². The lowest BCUT2D eigenvalue weighted by Crippen LogP contribution is -2.08. The van der Waals surface area contributed by atoms with Crippen molar-refractivity contribution in [2.24, 2.45) is 0 Å². The molecule has 0 atom stereocenters. The number of furan rings is 1. The summed E-state index contributed by atoms with van der Waals surface area (Å²) in [5, 5.41) is 2.50. The zero-order valence-corrected chi connectivity index (χ0v) is 9.02. The lowest BCUT2D eigenvalue weighted by atomic mass is 10.3. The van der Waals surface area contributed by atoms with Crippen molar-refractivity contribution in [3.8, 4) is 11.3 Å². The Morgan fingerprint density at radius 1 is 1.31 bits per heavy atom. The lowest BCUT2D eigenvalue weighted by Gasteiger charge is -2.00. The molecule has 0 bridgehead atoms. The first-order valence-electron chi connectivity index (χ1n) is 4.81. The average molecular weight is 217 g/mol. The van der Waals surface area contributed by atoms with Crippen LogP contribution >= 0.6 is 0 Å². The molecule has 5 nitrogen and oxygen atoms in total. The zero-order chi connectivity index (χ0) is 11.5. The van der Waals surface area contributed by atoms with E-state index in [0.29, 0.717) is 11.7 Å². The predicted octanol–water partition coefficient (Wildman–Crippen LogP) is 2.00. The normalized spacial score (nSPS) is 10.1. The summed E-state index contributed by atoms with van der Waals surface area (Å²) in [4.78, 5) is 18.8. The van der Waals surface area contributed by atoms with Crippen LogP contribution in [-0.2, 0) is 4.79 Å². The van der Waals surface area contributed by atoms with Gasteiger partial charge in [0.05, 0.1) is 5.56 Å². The number of nitrogens with zero attached hydrogens (tertiary/aromatic N) is 2. The number of anilines is 1. The molecule has 2 aromatic rings. The van der Waals surface area contributed by atoms with Crippen molar-refractivity contribution in [1.29, 1.82) is 0 Å². The Morgan fingerprint density at radius 3 is 2.50 bits per heavy atom. The maximum Gasteiger partial charge on any atom is 0.229 e. The number of carbonyl (C=O) groups is 1. The molecule has 0 aliphatic rings. The first-order valence-corrected chi connectivity index (χ1v) is 4.81. The summed E-state index contributed by atoms with van der Waals surface area (Å²) in [6, 6.07) is 3.73. The number of nitrogens with one attached hydrogen (secondary N) is 1. The third-order valence-electron chi connectivity index (χ3n) is 1.96. The van der Waals surface area contributed by atoms with Crippen LogP contribution in [0.15, 0.2) is 28.9 Å². The van der Waals surface area contributed by atoms with Crippen LogP contribution in [0.1, 0.15) is 12.7 Å². The molecular formula is C11H11N3O2. The van der Waals surface area contributed by atoms with Gasteiger partial charge in [0, 0.05) is 19.3 Å². The average Bonchev–Trinajstić information content (AvgIpc) is 2.65. The molecule has 16 heavy (non-hydrogen) atoms. The maximum absolute atomic E-state index is 10.8. The number of hydrogen-bond acceptors (Lipinski definition) is 4. The fourth-order valence-corrected chi connectivity index (χ4v) is 1.27. The number of carbonyl (C=O) groups excluding carboxylic acids is 1. The van der Waals surface area contributed by atoms with E-state index < -0.39 is 0 Å². The standard InChI is InChI=1S/C11H11N3O2/c1-7-3-4-10(16-7)9-5-12-11(13-6-9)14-8(2)15/h3-6H,1-2H3,(H,12,13,14,15). The van der Waals surface area contributed by atoms with Gasteiger partial charge in [-0.05, 0) is 19.1 Å². The SMILES string of the molecule is CC(=O)Nc1ncc(-c2ccc(C)o2)cn1. The van der Waals surface area contributed by atoms with E-state index in [9.17, 15) is 4.79 Å². The number of aromatic nitrogens is 2. The summed E-state index contributed by atoms with van der Waals surface area (Å²) >= 11 is 0. The van der Waals surface area contributed by atoms with E-state index in [0.717, 1.165) is 11.3 Å². The van der Waals surface area contributed by atoms with Crippen LogP contribution in [0.25, 0.3) is 11.3 Å². The number of aryl methyl sites for hydroxylation is 1. The molecule has 0 saturated heterocycles. The van der Waals surface area contributed by atoms with Crippen molar-refractivity contribution in [2.75, 3.05) is 5.32 Å². The summed E-state index contributed by atoms with van der Waals surface area (Å²) < 4.78 is 5.42. The van der Waals surface area contributed by atoms with Gasteiger partial charge in [0.15, 0.2) is 0 Å². The van der Waals surface area contributed by atoms with Gasteiger partial charge in [-0.3, -0.25) is 10.1 Å². The van der Waals surface area contributed by atoms with Gasteiger partial charge in [-0.25, -0.2) is 9.97 Å². The maximum atomic E-state index is 10.8. The van der Waals surface area contributed by atoms with E-state index in [1.165, 1.54) is 6.92 Å². The molecule has 2 heterocycles. The van der Waals surface area contributed by atoms with Gasteiger partial charge >= 0.3 is 0 Å². The summed E-state index contributed by atoms with van der Waals surface area (Å²) in [5.74, 6) is 1.65. The van der Waals surface area contributed by atoms with Crippen LogP contribution in [0.3, 0.4) is 0 Å². The highest BCUT2D eigenvalue weighted by Gasteiger charge is 2.04. The molecular weight excluding hydrogens is 206 g/mol. The molecule has 0 aliphatic carbocycles. The van der Waals surface area contributed by atoms with Gasteiger partial charge < -0.3 is 4.42 Å². The largest absolute Gasteiger partial charge is 0.461 e. The molecule has 0 aromatic carbocycles. The molecule has 5 heteroatoms. The summed E-state index contributed by atoms with van der Waals surface area (Å²) in [6.07, 6.45) is 3.22. The third kappa shape index (κ3) is 2.25. The van der Waals surface area contributed by atoms with E-state index in [1.807, 2.05) is 19.1 Å². The first-order chi connectivity index (χ1) is 7.65. The molecule has 0 radical (unpaired) electrons. The monoisotopic (exact) mass is 217 g/mol. The fraction of sp³-hybridized carbons (Fsp3) is 0.182. The number of rotatable bonds is 2. The fourth-order valence-electron chi connectivity index (χ4n) is 1.27. The second-order valence-corrected chi connectivity index (χ2v) is 3.39. The van der Waals surface area contributed by atoms with Crippen LogP contribution in [0.5, 0.6) is 0 Å². The Bertz CT molecular complexity index is 502. The van der Waals surface area contributed by atoms with E-state index in [1.54, 1.807) is 12.4 Å². The Hall–Kier alpha value is -2.17. The van der Waals surface area contributed by atoms with Crippen LogP contribution in [0.2, 0.25) is 0 Å². The van der Waals surface area contributed by atoms with Gasteiger partial charge in [-0.1, -0.05) is 0 Å². The highest BCUT2D eigenvalue weighted by molar-refractivity contribution is 5.86. The van der Waals surface area contributed by atoms with Gasteiger partial charge in [0.2, 0.25) is 11.9 Å². The lowest BCUT2D eigenvalue weighted by molar-refractivity contribution is -0.114. The molecule has 0 saturated carbocycles. The first kappa shape index (κ1) is 10.4. The van der Waals surface area contributed by atoms with Crippen molar-refractivity contribution in [2.45, 2.75) is 13.8 Å². The second-order valence-electron chi connectivity index (χ2n) is 3.39. The van der Waals surface area contributed by atoms with Crippen molar-refractivity contribution in [3.63, 3.8) is 0 Å². The van der Waals surface area contributed by atoms with Crippen LogP contribution in [0, 0.1) is 6.92 Å². The minimum absolute atomic E-state index is 0.193. The third-order valence-corrected chi connectivity index (χ3v) is 1.96. The van der Waals surface area contributed by atoms with Crippen LogP contribution < -0.4 is 5.32 Å². The van der Waals surface area contributed by atoms with Gasteiger partial charge in [0.1, 0.15) is 11.5 Å². The van der Waals surface area contributed by atoms with Gasteiger partial charge in [-0.15, -0.1) is 0 Å². The number of hydrogen-bond donors (Lipinski definition) is 1. The Morgan fingerprint density at radius 2 is 2.00 bits per heavy atom. The predicted molar refractivity (Wildman–Crippen MR) is 58.8 cm³/mol. The molecule has 0 fully saturated rings. The van der Waals surface area contributed by atoms with Crippen molar-refractivity contribution in [3.05, 3.63) is 30.3 Å². The highest BCUT2D eigenvalue weighted by Crippen LogP contribution is 2.20. The van der Waals surface area contributed by atoms with E-state index in [4.69, 9.17) is 4.42 Å².